The van der Waals surface area contributed by atoms with Crippen LogP contribution in [0.15, 0.2) is 6.20 Å². The average molecular weight is 278 g/mol. The summed E-state index contributed by atoms with van der Waals surface area (Å²) in [7, 11) is 0. The number of imidazole rings is 1. The molecular weight excluding hydrogens is 256 g/mol. The summed E-state index contributed by atoms with van der Waals surface area (Å²) in [6, 6.07) is 0.0500. The number of rotatable bonds is 3. The molecule has 2 saturated heterocycles. The number of carbonyl (C=O) groups is 1. The third-order valence-electron chi connectivity index (χ3n) is 4.08. The van der Waals surface area contributed by atoms with Gasteiger partial charge < -0.3 is 20.9 Å². The number of amides is 1. The molecule has 0 radical (unpaired) electrons. The Morgan fingerprint density at radius 3 is 2.80 bits per heavy atom. The fraction of sp³-hybridized carbons (Fsp3) is 0.692. The number of nitrogens with one attached hydrogen (secondary N) is 2. The molecule has 1 atom stereocenters. The molecule has 20 heavy (non-hydrogen) atoms. The van der Waals surface area contributed by atoms with Crippen molar-refractivity contribution in [1.29, 1.82) is 0 Å². The van der Waals surface area contributed by atoms with Crippen LogP contribution in [0.5, 0.6) is 0 Å². The van der Waals surface area contributed by atoms with Gasteiger partial charge in [0.05, 0.1) is 17.9 Å². The number of aromatic nitrogens is 2. The zero-order valence-corrected chi connectivity index (χ0v) is 11.6. The van der Waals surface area contributed by atoms with E-state index in [0.29, 0.717) is 5.95 Å². The molecule has 1 aromatic rings. The topological polar surface area (TPSA) is 90.3 Å². The standard InChI is InChI=1S/C13H22N6O/c14-13-16-8-10(17-13)9-18-4-6-19(7-5-18)12(20)11-2-1-3-15-11/h8,11,15H,1-7,9H2,(H3,14,16,17)/t11-/m0/s1. The minimum atomic E-state index is 0.0500. The molecule has 110 valence electrons. The maximum atomic E-state index is 12.3. The zero-order chi connectivity index (χ0) is 13.9. The first-order valence-electron chi connectivity index (χ1n) is 7.26. The Hall–Kier alpha value is -1.60. The van der Waals surface area contributed by atoms with E-state index in [4.69, 9.17) is 5.73 Å². The summed E-state index contributed by atoms with van der Waals surface area (Å²) in [5.41, 5.74) is 6.60. The summed E-state index contributed by atoms with van der Waals surface area (Å²) in [5.74, 6) is 0.731. The van der Waals surface area contributed by atoms with Gasteiger partial charge in [-0.15, -0.1) is 0 Å². The van der Waals surface area contributed by atoms with E-state index in [9.17, 15) is 4.79 Å². The second-order valence-corrected chi connectivity index (χ2v) is 5.54. The van der Waals surface area contributed by atoms with Crippen LogP contribution >= 0.6 is 0 Å². The van der Waals surface area contributed by atoms with E-state index in [1.807, 2.05) is 4.90 Å². The molecule has 7 nitrogen and oxygen atoms in total. The molecule has 3 rings (SSSR count). The lowest BCUT2D eigenvalue weighted by Gasteiger charge is -2.35. The number of nitrogens with zero attached hydrogens (tertiary/aromatic N) is 3. The quantitative estimate of drug-likeness (QED) is 0.686. The van der Waals surface area contributed by atoms with Gasteiger partial charge in [0.1, 0.15) is 0 Å². The molecule has 3 heterocycles. The highest BCUT2D eigenvalue weighted by Crippen LogP contribution is 2.12. The number of nitrogen functional groups attached to an aromatic ring is 1. The summed E-state index contributed by atoms with van der Waals surface area (Å²) in [6.45, 7) is 5.20. The fourth-order valence-corrected chi connectivity index (χ4v) is 2.94. The normalized spacial score (nSPS) is 24.2. The van der Waals surface area contributed by atoms with Crippen LogP contribution < -0.4 is 11.1 Å². The van der Waals surface area contributed by atoms with Crippen LogP contribution in [-0.2, 0) is 11.3 Å². The smallest absolute Gasteiger partial charge is 0.239 e. The van der Waals surface area contributed by atoms with E-state index in [1.54, 1.807) is 6.20 Å². The molecule has 4 N–H and O–H groups in total. The van der Waals surface area contributed by atoms with Gasteiger partial charge in [-0.1, -0.05) is 0 Å². The maximum Gasteiger partial charge on any atom is 0.239 e. The molecule has 0 saturated carbocycles. The molecule has 1 aromatic heterocycles. The van der Waals surface area contributed by atoms with Crippen molar-refractivity contribution in [3.05, 3.63) is 11.9 Å². The van der Waals surface area contributed by atoms with Gasteiger partial charge in [-0.05, 0) is 19.4 Å². The van der Waals surface area contributed by atoms with Gasteiger partial charge in [-0.3, -0.25) is 9.69 Å². The summed E-state index contributed by atoms with van der Waals surface area (Å²) < 4.78 is 0. The number of piperazine rings is 1. The Morgan fingerprint density at radius 2 is 2.20 bits per heavy atom. The highest BCUT2D eigenvalue weighted by atomic mass is 16.2. The summed E-state index contributed by atoms with van der Waals surface area (Å²) in [4.78, 5) is 23.6. The van der Waals surface area contributed by atoms with Crippen molar-refractivity contribution < 1.29 is 4.79 Å². The highest BCUT2D eigenvalue weighted by Gasteiger charge is 2.29. The van der Waals surface area contributed by atoms with Gasteiger partial charge in [-0.2, -0.15) is 0 Å². The number of hydrogen-bond donors (Lipinski definition) is 3. The molecule has 2 fully saturated rings. The summed E-state index contributed by atoms with van der Waals surface area (Å²) in [6.07, 6.45) is 3.86. The number of hydrogen-bond acceptors (Lipinski definition) is 5. The molecule has 1 amide bonds. The average Bonchev–Trinajstić information content (AvgIpc) is 3.11. The number of H-pyrrole nitrogens is 1. The number of carbonyl (C=O) groups excluding carboxylic acids is 1. The Labute approximate surface area is 118 Å². The Bertz CT molecular complexity index is 459. The minimum Gasteiger partial charge on any atom is -0.369 e. The van der Waals surface area contributed by atoms with E-state index >= 15 is 0 Å². The zero-order valence-electron chi connectivity index (χ0n) is 11.6. The number of aromatic amines is 1. The SMILES string of the molecule is Nc1ncc(CN2CCN(C(=O)[C@@H]3CCCN3)CC2)[nH]1. The van der Waals surface area contributed by atoms with Gasteiger partial charge in [-0.25, -0.2) is 4.98 Å². The molecule has 0 unspecified atom stereocenters. The second kappa shape index (κ2) is 5.80. The molecule has 7 heteroatoms. The van der Waals surface area contributed by atoms with Crippen LogP contribution in [0.1, 0.15) is 18.5 Å². The van der Waals surface area contributed by atoms with Crippen molar-refractivity contribution in [3.8, 4) is 0 Å². The third-order valence-corrected chi connectivity index (χ3v) is 4.08. The molecule has 2 aliphatic rings. The van der Waals surface area contributed by atoms with Crippen LogP contribution in [0, 0.1) is 0 Å². The van der Waals surface area contributed by atoms with Gasteiger partial charge in [0.25, 0.3) is 0 Å². The van der Waals surface area contributed by atoms with Crippen molar-refractivity contribution in [2.75, 3.05) is 38.5 Å². The lowest BCUT2D eigenvalue weighted by Crippen LogP contribution is -2.52. The van der Waals surface area contributed by atoms with Gasteiger partial charge in [0, 0.05) is 32.7 Å². The largest absolute Gasteiger partial charge is 0.369 e. The van der Waals surface area contributed by atoms with E-state index in [1.165, 1.54) is 0 Å². The van der Waals surface area contributed by atoms with E-state index in [-0.39, 0.29) is 11.9 Å². The number of anilines is 1. The van der Waals surface area contributed by atoms with Crippen molar-refractivity contribution in [3.63, 3.8) is 0 Å². The van der Waals surface area contributed by atoms with E-state index in [2.05, 4.69) is 20.2 Å². The molecule has 0 bridgehead atoms. The predicted octanol–water partition coefficient (Wildman–Crippen LogP) is -0.612. The predicted molar refractivity (Wildman–Crippen MR) is 75.9 cm³/mol. The summed E-state index contributed by atoms with van der Waals surface area (Å²) in [5, 5.41) is 3.28. The Kier molecular flexibility index (Phi) is 3.88. The van der Waals surface area contributed by atoms with Crippen molar-refractivity contribution >= 4 is 11.9 Å². The van der Waals surface area contributed by atoms with Gasteiger partial charge in [0.2, 0.25) is 5.91 Å². The first-order valence-corrected chi connectivity index (χ1v) is 7.26. The van der Waals surface area contributed by atoms with Crippen molar-refractivity contribution in [2.45, 2.75) is 25.4 Å². The monoisotopic (exact) mass is 278 g/mol. The lowest BCUT2D eigenvalue weighted by atomic mass is 10.2. The van der Waals surface area contributed by atoms with Crippen LogP contribution in [0.25, 0.3) is 0 Å². The maximum absolute atomic E-state index is 12.3. The number of nitrogens with two attached hydrogens (primary N) is 1. The first-order chi connectivity index (χ1) is 9.72. The highest BCUT2D eigenvalue weighted by molar-refractivity contribution is 5.82. The van der Waals surface area contributed by atoms with Crippen LogP contribution in [-0.4, -0.2) is 64.4 Å². The Balaban J connectivity index is 1.48. The first kappa shape index (κ1) is 13.4. The third kappa shape index (κ3) is 2.94. The molecule has 0 spiro atoms. The van der Waals surface area contributed by atoms with Crippen LogP contribution in [0.4, 0.5) is 5.95 Å². The molecule has 0 aromatic carbocycles. The fourth-order valence-electron chi connectivity index (χ4n) is 2.94. The van der Waals surface area contributed by atoms with Crippen molar-refractivity contribution in [1.82, 2.24) is 25.1 Å². The molecular formula is C13H22N6O. The summed E-state index contributed by atoms with van der Waals surface area (Å²) >= 11 is 0. The Morgan fingerprint density at radius 1 is 1.40 bits per heavy atom. The lowest BCUT2D eigenvalue weighted by molar-refractivity contribution is -0.134. The molecule has 2 aliphatic heterocycles. The van der Waals surface area contributed by atoms with E-state index in [0.717, 1.165) is 57.8 Å². The van der Waals surface area contributed by atoms with Crippen LogP contribution in [0.3, 0.4) is 0 Å². The van der Waals surface area contributed by atoms with Crippen molar-refractivity contribution in [2.24, 2.45) is 0 Å². The molecule has 0 aliphatic carbocycles. The second-order valence-electron chi connectivity index (χ2n) is 5.54. The van der Waals surface area contributed by atoms with E-state index < -0.39 is 0 Å². The minimum absolute atomic E-state index is 0.0500. The van der Waals surface area contributed by atoms with Gasteiger partial charge >= 0.3 is 0 Å². The van der Waals surface area contributed by atoms with Gasteiger partial charge in [0.15, 0.2) is 5.95 Å². The van der Waals surface area contributed by atoms with Crippen LogP contribution in [0.2, 0.25) is 0 Å².